The summed E-state index contributed by atoms with van der Waals surface area (Å²) in [6, 6.07) is 5.80. The average molecular weight is 306 g/mol. The Morgan fingerprint density at radius 3 is 3.00 bits per heavy atom. The summed E-state index contributed by atoms with van der Waals surface area (Å²) in [7, 11) is 1.76. The van der Waals surface area contributed by atoms with E-state index in [2.05, 4.69) is 9.88 Å². The van der Waals surface area contributed by atoms with Crippen molar-refractivity contribution in [2.45, 2.75) is 25.5 Å². The Bertz CT molecular complexity index is 659. The third-order valence-electron chi connectivity index (χ3n) is 4.13. The number of rotatable bonds is 3. The van der Waals surface area contributed by atoms with Crippen LogP contribution in [0.2, 0.25) is 5.02 Å². The fourth-order valence-electron chi connectivity index (χ4n) is 3.01. The Hall–Kier alpha value is -1.36. The van der Waals surface area contributed by atoms with Gasteiger partial charge in [0.25, 0.3) is 0 Å². The third kappa shape index (κ3) is 2.59. The standard InChI is InChI=1S/C16H20ClN3O/c1-10(18)13-8-14(17)12-4-3-6-19-15(12)16(13)20-7-5-11(9-20)21-2/h3-4,6,8,10-11H,5,7,9,18H2,1-2H3. The number of fused-ring (bicyclic) bond motifs is 1. The number of hydrogen-bond donors (Lipinski definition) is 1. The van der Waals surface area contributed by atoms with E-state index in [9.17, 15) is 0 Å². The van der Waals surface area contributed by atoms with Gasteiger partial charge in [-0.1, -0.05) is 11.6 Å². The Morgan fingerprint density at radius 1 is 1.52 bits per heavy atom. The molecule has 2 atom stereocenters. The van der Waals surface area contributed by atoms with Crippen molar-refractivity contribution in [3.63, 3.8) is 0 Å². The summed E-state index contributed by atoms with van der Waals surface area (Å²) in [5.74, 6) is 0. The summed E-state index contributed by atoms with van der Waals surface area (Å²) in [5, 5.41) is 1.68. The molecule has 0 saturated carbocycles. The number of pyridine rings is 1. The van der Waals surface area contributed by atoms with Gasteiger partial charge >= 0.3 is 0 Å². The lowest BCUT2D eigenvalue weighted by Gasteiger charge is -2.25. The van der Waals surface area contributed by atoms with Gasteiger partial charge in [0.15, 0.2) is 0 Å². The van der Waals surface area contributed by atoms with Crippen LogP contribution in [-0.2, 0) is 4.74 Å². The van der Waals surface area contributed by atoms with Crippen LogP contribution < -0.4 is 10.6 Å². The largest absolute Gasteiger partial charge is 0.380 e. The lowest BCUT2D eigenvalue weighted by Crippen LogP contribution is -2.25. The van der Waals surface area contributed by atoms with Crippen molar-refractivity contribution in [1.82, 2.24) is 4.98 Å². The zero-order valence-electron chi connectivity index (χ0n) is 12.3. The van der Waals surface area contributed by atoms with Gasteiger partial charge in [-0.25, -0.2) is 0 Å². The highest BCUT2D eigenvalue weighted by atomic mass is 35.5. The van der Waals surface area contributed by atoms with E-state index in [1.54, 1.807) is 13.3 Å². The van der Waals surface area contributed by atoms with E-state index >= 15 is 0 Å². The van der Waals surface area contributed by atoms with Gasteiger partial charge in [0.2, 0.25) is 0 Å². The number of ether oxygens (including phenoxy) is 1. The molecule has 2 aromatic rings. The first-order valence-electron chi connectivity index (χ1n) is 7.22. The smallest absolute Gasteiger partial charge is 0.0953 e. The first-order valence-corrected chi connectivity index (χ1v) is 7.60. The van der Waals surface area contributed by atoms with Crippen LogP contribution in [0.3, 0.4) is 0 Å². The highest BCUT2D eigenvalue weighted by molar-refractivity contribution is 6.36. The highest BCUT2D eigenvalue weighted by Crippen LogP contribution is 2.38. The van der Waals surface area contributed by atoms with E-state index in [0.717, 1.165) is 41.7 Å². The van der Waals surface area contributed by atoms with Gasteiger partial charge < -0.3 is 15.4 Å². The van der Waals surface area contributed by atoms with Crippen LogP contribution in [0, 0.1) is 0 Å². The molecule has 5 heteroatoms. The molecular formula is C16H20ClN3O. The molecule has 112 valence electrons. The van der Waals surface area contributed by atoms with E-state index in [-0.39, 0.29) is 12.1 Å². The fourth-order valence-corrected chi connectivity index (χ4v) is 3.28. The number of methoxy groups -OCH3 is 1. The second-order valence-corrected chi connectivity index (χ2v) is 5.98. The molecule has 0 aliphatic carbocycles. The van der Waals surface area contributed by atoms with Gasteiger partial charge in [-0.15, -0.1) is 0 Å². The van der Waals surface area contributed by atoms with Crippen molar-refractivity contribution in [3.05, 3.63) is 35.0 Å². The van der Waals surface area contributed by atoms with Crippen LogP contribution in [0.4, 0.5) is 5.69 Å². The molecular weight excluding hydrogens is 286 g/mol. The monoisotopic (exact) mass is 305 g/mol. The molecule has 1 aromatic carbocycles. The van der Waals surface area contributed by atoms with Crippen molar-refractivity contribution < 1.29 is 4.74 Å². The van der Waals surface area contributed by atoms with Crippen LogP contribution >= 0.6 is 11.6 Å². The molecule has 4 nitrogen and oxygen atoms in total. The average Bonchev–Trinajstić information content (AvgIpc) is 2.95. The number of hydrogen-bond acceptors (Lipinski definition) is 4. The molecule has 0 radical (unpaired) electrons. The van der Waals surface area contributed by atoms with Crippen molar-refractivity contribution in [1.29, 1.82) is 0 Å². The van der Waals surface area contributed by atoms with Crippen LogP contribution in [-0.4, -0.2) is 31.3 Å². The van der Waals surface area contributed by atoms with Crippen LogP contribution in [0.5, 0.6) is 0 Å². The minimum Gasteiger partial charge on any atom is -0.380 e. The van der Waals surface area contributed by atoms with E-state index in [1.165, 1.54) is 0 Å². The number of nitrogens with zero attached hydrogens (tertiary/aromatic N) is 2. The topological polar surface area (TPSA) is 51.4 Å². The number of anilines is 1. The van der Waals surface area contributed by atoms with Crippen LogP contribution in [0.15, 0.2) is 24.4 Å². The van der Waals surface area contributed by atoms with Crippen LogP contribution in [0.25, 0.3) is 10.9 Å². The maximum absolute atomic E-state index is 6.40. The van der Waals surface area contributed by atoms with Crippen LogP contribution in [0.1, 0.15) is 24.9 Å². The molecule has 0 amide bonds. The molecule has 21 heavy (non-hydrogen) atoms. The van der Waals surface area contributed by atoms with E-state index in [1.807, 2.05) is 25.1 Å². The van der Waals surface area contributed by atoms with Crippen molar-refractivity contribution in [3.8, 4) is 0 Å². The van der Waals surface area contributed by atoms with E-state index in [4.69, 9.17) is 22.1 Å². The number of benzene rings is 1. The molecule has 1 fully saturated rings. The van der Waals surface area contributed by atoms with Gasteiger partial charge in [0.05, 0.1) is 22.3 Å². The van der Waals surface area contributed by atoms with Gasteiger partial charge in [-0.2, -0.15) is 0 Å². The predicted octanol–water partition coefficient (Wildman–Crippen LogP) is 3.13. The normalized spacial score (nSPS) is 20.2. The summed E-state index contributed by atoms with van der Waals surface area (Å²) in [4.78, 5) is 6.88. The lowest BCUT2D eigenvalue weighted by atomic mass is 10.0. The number of halogens is 1. The molecule has 1 aromatic heterocycles. The Balaban J connectivity index is 2.19. The second kappa shape index (κ2) is 5.79. The maximum atomic E-state index is 6.40. The molecule has 1 aliphatic heterocycles. The van der Waals surface area contributed by atoms with Crippen molar-refractivity contribution in [2.24, 2.45) is 5.73 Å². The molecule has 2 N–H and O–H groups in total. The highest BCUT2D eigenvalue weighted by Gasteiger charge is 2.27. The molecule has 0 spiro atoms. The van der Waals surface area contributed by atoms with E-state index in [0.29, 0.717) is 5.02 Å². The molecule has 2 heterocycles. The summed E-state index contributed by atoms with van der Waals surface area (Å²) in [6.45, 7) is 3.79. The summed E-state index contributed by atoms with van der Waals surface area (Å²) in [6.07, 6.45) is 3.09. The zero-order chi connectivity index (χ0) is 15.0. The molecule has 0 bridgehead atoms. The Labute approximate surface area is 129 Å². The third-order valence-corrected chi connectivity index (χ3v) is 4.44. The number of aromatic nitrogens is 1. The zero-order valence-corrected chi connectivity index (χ0v) is 13.1. The quantitative estimate of drug-likeness (QED) is 0.946. The van der Waals surface area contributed by atoms with Crippen molar-refractivity contribution >= 4 is 28.2 Å². The molecule has 3 rings (SSSR count). The SMILES string of the molecule is COC1CCN(c2c(C(C)N)cc(Cl)c3cccnc23)C1. The summed E-state index contributed by atoms with van der Waals surface area (Å²) >= 11 is 6.40. The van der Waals surface area contributed by atoms with Gasteiger partial charge in [-0.05, 0) is 37.1 Å². The first-order chi connectivity index (χ1) is 10.1. The lowest BCUT2D eigenvalue weighted by molar-refractivity contribution is 0.121. The van der Waals surface area contributed by atoms with Gasteiger partial charge in [-0.3, -0.25) is 4.98 Å². The van der Waals surface area contributed by atoms with Gasteiger partial charge in [0.1, 0.15) is 0 Å². The fraction of sp³-hybridized carbons (Fsp3) is 0.438. The summed E-state index contributed by atoms with van der Waals surface area (Å²) < 4.78 is 5.48. The minimum absolute atomic E-state index is 0.0921. The minimum atomic E-state index is -0.0921. The summed E-state index contributed by atoms with van der Waals surface area (Å²) in [5.41, 5.74) is 9.24. The number of nitrogens with two attached hydrogens (primary N) is 1. The Kier molecular flexibility index (Phi) is 4.02. The molecule has 1 saturated heterocycles. The van der Waals surface area contributed by atoms with Gasteiger partial charge in [0, 0.05) is 37.8 Å². The van der Waals surface area contributed by atoms with E-state index < -0.39 is 0 Å². The first kappa shape index (κ1) is 14.6. The molecule has 2 unspecified atom stereocenters. The predicted molar refractivity (Wildman–Crippen MR) is 87.0 cm³/mol. The molecule has 1 aliphatic rings. The van der Waals surface area contributed by atoms with Crippen molar-refractivity contribution in [2.75, 3.05) is 25.1 Å². The Morgan fingerprint density at radius 2 is 2.33 bits per heavy atom. The second-order valence-electron chi connectivity index (χ2n) is 5.58. The maximum Gasteiger partial charge on any atom is 0.0953 e.